The molecule has 0 aliphatic carbocycles. The van der Waals surface area contributed by atoms with Crippen molar-refractivity contribution in [3.63, 3.8) is 0 Å². The maximum Gasteiger partial charge on any atom is 0.130 e. The van der Waals surface area contributed by atoms with Crippen LogP contribution in [0.25, 0.3) is 0 Å². The van der Waals surface area contributed by atoms with Crippen molar-refractivity contribution in [3.8, 4) is 11.5 Å². The van der Waals surface area contributed by atoms with Gasteiger partial charge in [0, 0.05) is 17.7 Å². The Morgan fingerprint density at radius 2 is 1.82 bits per heavy atom. The predicted molar refractivity (Wildman–Crippen MR) is 91.9 cm³/mol. The topological polar surface area (TPSA) is 21.7 Å². The zero-order valence-corrected chi connectivity index (χ0v) is 14.8. The first kappa shape index (κ1) is 17.1. The van der Waals surface area contributed by atoms with Crippen LogP contribution in [0.4, 0.5) is 0 Å². The molecule has 1 aromatic carbocycles. The second kappa shape index (κ2) is 7.87. The molecule has 1 aliphatic heterocycles. The van der Waals surface area contributed by atoms with Gasteiger partial charge in [-0.25, -0.2) is 0 Å². The van der Waals surface area contributed by atoms with Crippen LogP contribution in [-0.2, 0) is 6.54 Å². The van der Waals surface area contributed by atoms with E-state index in [1.54, 1.807) is 14.2 Å². The van der Waals surface area contributed by atoms with E-state index in [4.69, 9.17) is 9.47 Å². The molecule has 0 amide bonds. The molecule has 1 aromatic rings. The highest BCUT2D eigenvalue weighted by atomic mass is 16.5. The van der Waals surface area contributed by atoms with Crippen molar-refractivity contribution in [1.29, 1.82) is 0 Å². The van der Waals surface area contributed by atoms with Gasteiger partial charge in [-0.15, -0.1) is 0 Å². The van der Waals surface area contributed by atoms with Gasteiger partial charge in [-0.05, 0) is 43.8 Å². The van der Waals surface area contributed by atoms with Gasteiger partial charge in [0.1, 0.15) is 11.5 Å². The molecule has 0 aromatic heterocycles. The molecule has 0 N–H and O–H groups in total. The van der Waals surface area contributed by atoms with Crippen LogP contribution in [-0.4, -0.2) is 32.2 Å². The molecule has 0 spiro atoms. The number of likely N-dealkylation sites (tertiary alicyclic amines) is 1. The Balaban J connectivity index is 2.19. The van der Waals surface area contributed by atoms with Crippen LogP contribution in [0.2, 0.25) is 0 Å². The molecule has 22 heavy (non-hydrogen) atoms. The van der Waals surface area contributed by atoms with Crippen LogP contribution < -0.4 is 9.47 Å². The first-order valence-electron chi connectivity index (χ1n) is 8.56. The highest BCUT2D eigenvalue weighted by Crippen LogP contribution is 2.38. The van der Waals surface area contributed by atoms with Gasteiger partial charge in [-0.2, -0.15) is 0 Å². The van der Waals surface area contributed by atoms with E-state index in [1.165, 1.54) is 43.5 Å². The molecule has 1 fully saturated rings. The van der Waals surface area contributed by atoms with Crippen molar-refractivity contribution in [1.82, 2.24) is 4.90 Å². The fourth-order valence-corrected chi connectivity index (χ4v) is 3.51. The summed E-state index contributed by atoms with van der Waals surface area (Å²) in [7, 11) is 3.50. The van der Waals surface area contributed by atoms with E-state index in [-0.39, 0.29) is 0 Å². The number of methoxy groups -OCH3 is 2. The van der Waals surface area contributed by atoms with Gasteiger partial charge in [0.05, 0.1) is 14.2 Å². The van der Waals surface area contributed by atoms with Crippen molar-refractivity contribution in [2.24, 2.45) is 5.92 Å². The molecule has 2 rings (SSSR count). The third-order valence-corrected chi connectivity index (χ3v) is 4.92. The Hall–Kier alpha value is -1.22. The van der Waals surface area contributed by atoms with Crippen molar-refractivity contribution < 1.29 is 9.47 Å². The van der Waals surface area contributed by atoms with E-state index in [9.17, 15) is 0 Å². The SMILES string of the molecule is CCC1CCN(Cc2ccc(OC)c(C(C)C)c2OC)CC1. The van der Waals surface area contributed by atoms with Crippen LogP contribution in [0.1, 0.15) is 57.1 Å². The lowest BCUT2D eigenvalue weighted by Gasteiger charge is -2.32. The summed E-state index contributed by atoms with van der Waals surface area (Å²) >= 11 is 0. The van der Waals surface area contributed by atoms with E-state index in [1.807, 2.05) is 0 Å². The maximum absolute atomic E-state index is 5.76. The molecular formula is C19H31NO2. The smallest absolute Gasteiger partial charge is 0.130 e. The first-order valence-corrected chi connectivity index (χ1v) is 8.56. The van der Waals surface area contributed by atoms with E-state index in [0.29, 0.717) is 5.92 Å². The maximum atomic E-state index is 5.76. The quantitative estimate of drug-likeness (QED) is 0.775. The van der Waals surface area contributed by atoms with Gasteiger partial charge in [-0.1, -0.05) is 33.3 Å². The molecule has 124 valence electrons. The average molecular weight is 305 g/mol. The summed E-state index contributed by atoms with van der Waals surface area (Å²) in [6.45, 7) is 10.1. The predicted octanol–water partition coefficient (Wildman–Crippen LogP) is 4.45. The largest absolute Gasteiger partial charge is 0.496 e. The molecule has 1 aliphatic rings. The number of nitrogens with zero attached hydrogens (tertiary/aromatic N) is 1. The third-order valence-electron chi connectivity index (χ3n) is 4.92. The standard InChI is InChI=1S/C19H31NO2/c1-6-15-9-11-20(12-10-15)13-16-7-8-17(21-4)18(14(2)3)19(16)22-5/h7-8,14-15H,6,9-13H2,1-5H3. The van der Waals surface area contributed by atoms with Gasteiger partial charge in [0.15, 0.2) is 0 Å². The van der Waals surface area contributed by atoms with Gasteiger partial charge in [0.2, 0.25) is 0 Å². The summed E-state index contributed by atoms with van der Waals surface area (Å²) in [5.74, 6) is 3.24. The summed E-state index contributed by atoms with van der Waals surface area (Å²) in [4.78, 5) is 2.56. The van der Waals surface area contributed by atoms with Crippen molar-refractivity contribution in [3.05, 3.63) is 23.3 Å². The van der Waals surface area contributed by atoms with Crippen molar-refractivity contribution >= 4 is 0 Å². The Labute approximate surface area is 135 Å². The van der Waals surface area contributed by atoms with Gasteiger partial charge in [0.25, 0.3) is 0 Å². The third kappa shape index (κ3) is 3.75. The first-order chi connectivity index (χ1) is 10.6. The fourth-order valence-electron chi connectivity index (χ4n) is 3.51. The highest BCUT2D eigenvalue weighted by molar-refractivity contribution is 5.51. The molecule has 0 unspecified atom stereocenters. The Morgan fingerprint density at radius 1 is 1.14 bits per heavy atom. The number of hydrogen-bond acceptors (Lipinski definition) is 3. The van der Waals surface area contributed by atoms with Crippen LogP contribution in [0.3, 0.4) is 0 Å². The summed E-state index contributed by atoms with van der Waals surface area (Å²) in [6.07, 6.45) is 3.97. The van der Waals surface area contributed by atoms with E-state index < -0.39 is 0 Å². The van der Waals surface area contributed by atoms with Crippen molar-refractivity contribution in [2.75, 3.05) is 27.3 Å². The van der Waals surface area contributed by atoms with Crippen LogP contribution in [0, 0.1) is 5.92 Å². The minimum atomic E-state index is 0.385. The number of ether oxygens (including phenoxy) is 2. The van der Waals surface area contributed by atoms with E-state index >= 15 is 0 Å². The molecule has 3 heteroatoms. The molecular weight excluding hydrogens is 274 g/mol. The number of hydrogen-bond donors (Lipinski definition) is 0. The lowest BCUT2D eigenvalue weighted by atomic mass is 9.93. The fraction of sp³-hybridized carbons (Fsp3) is 0.684. The van der Waals surface area contributed by atoms with Crippen molar-refractivity contribution in [2.45, 2.75) is 52.5 Å². The van der Waals surface area contributed by atoms with Crippen LogP contribution in [0.15, 0.2) is 12.1 Å². The number of piperidine rings is 1. The summed E-state index contributed by atoms with van der Waals surface area (Å²) in [5, 5.41) is 0. The summed E-state index contributed by atoms with van der Waals surface area (Å²) in [6, 6.07) is 4.25. The zero-order valence-electron chi connectivity index (χ0n) is 14.8. The molecule has 0 radical (unpaired) electrons. The lowest BCUT2D eigenvalue weighted by molar-refractivity contribution is 0.173. The van der Waals surface area contributed by atoms with Crippen LogP contribution >= 0.6 is 0 Å². The minimum Gasteiger partial charge on any atom is -0.496 e. The highest BCUT2D eigenvalue weighted by Gasteiger charge is 2.22. The molecule has 0 saturated carbocycles. The molecule has 0 atom stereocenters. The second-order valence-electron chi connectivity index (χ2n) is 6.66. The number of rotatable bonds is 6. The Bertz CT molecular complexity index is 477. The minimum absolute atomic E-state index is 0.385. The van der Waals surface area contributed by atoms with E-state index in [2.05, 4.69) is 37.8 Å². The number of benzene rings is 1. The van der Waals surface area contributed by atoms with Gasteiger partial charge in [-0.3, -0.25) is 4.90 Å². The van der Waals surface area contributed by atoms with Gasteiger partial charge >= 0.3 is 0 Å². The average Bonchev–Trinajstić information content (AvgIpc) is 2.54. The van der Waals surface area contributed by atoms with Crippen LogP contribution in [0.5, 0.6) is 11.5 Å². The second-order valence-corrected chi connectivity index (χ2v) is 6.66. The summed E-state index contributed by atoms with van der Waals surface area (Å²) in [5.41, 5.74) is 2.47. The van der Waals surface area contributed by atoms with E-state index in [0.717, 1.165) is 24.0 Å². The molecule has 3 nitrogen and oxygen atoms in total. The molecule has 0 bridgehead atoms. The summed E-state index contributed by atoms with van der Waals surface area (Å²) < 4.78 is 11.3. The Morgan fingerprint density at radius 3 is 2.32 bits per heavy atom. The van der Waals surface area contributed by atoms with Gasteiger partial charge < -0.3 is 9.47 Å². The Kier molecular flexibility index (Phi) is 6.13. The molecule has 1 heterocycles. The zero-order chi connectivity index (χ0) is 16.1. The normalized spacial score (nSPS) is 17.0. The molecule has 1 saturated heterocycles. The lowest BCUT2D eigenvalue weighted by Crippen LogP contribution is -2.33. The monoisotopic (exact) mass is 305 g/mol.